The van der Waals surface area contributed by atoms with E-state index < -0.39 is 5.97 Å². The first kappa shape index (κ1) is 17.1. The summed E-state index contributed by atoms with van der Waals surface area (Å²) in [6.45, 7) is 4.86. The molecule has 1 aliphatic rings. The summed E-state index contributed by atoms with van der Waals surface area (Å²) in [5.74, 6) is -0.405. The van der Waals surface area contributed by atoms with Gasteiger partial charge in [-0.1, -0.05) is 35.5 Å². The maximum Gasteiger partial charge on any atom is 0.357 e. The molecule has 1 aromatic carbocycles. The average molecular weight is 341 g/mol. The Balaban J connectivity index is 1.70. The van der Waals surface area contributed by atoms with Crippen LogP contribution in [0.3, 0.4) is 0 Å². The van der Waals surface area contributed by atoms with Crippen molar-refractivity contribution in [1.82, 2.24) is 15.7 Å². The number of hydrogen-bond acceptors (Lipinski definition) is 7. The van der Waals surface area contributed by atoms with Gasteiger partial charge in [-0.15, -0.1) is 11.6 Å². The van der Waals surface area contributed by atoms with Crippen LogP contribution in [0.4, 0.5) is 0 Å². The van der Waals surface area contributed by atoms with Gasteiger partial charge in [0.2, 0.25) is 0 Å². The van der Waals surface area contributed by atoms with E-state index in [2.05, 4.69) is 17.2 Å². The Morgan fingerprint density at radius 3 is 3.00 bits per heavy atom. The van der Waals surface area contributed by atoms with E-state index in [1.165, 1.54) is 0 Å². The van der Waals surface area contributed by atoms with Gasteiger partial charge in [0.15, 0.2) is 0 Å². The van der Waals surface area contributed by atoms with Crippen LogP contribution in [0.1, 0.15) is 15.9 Å². The molecule has 7 nitrogen and oxygen atoms in total. The first-order chi connectivity index (χ1) is 12.3. The molecule has 1 atom stereocenters. The molecule has 0 bridgehead atoms. The topological polar surface area (TPSA) is 76.8 Å². The molecule has 0 radical (unpaired) electrons. The summed E-state index contributed by atoms with van der Waals surface area (Å²) in [5.41, 5.74) is 5.18. The van der Waals surface area contributed by atoms with Gasteiger partial charge in [-0.05, 0) is 17.7 Å². The largest absolute Gasteiger partial charge is 0.364 e. The zero-order valence-electron chi connectivity index (χ0n) is 13.6. The van der Waals surface area contributed by atoms with Crippen LogP contribution in [0.15, 0.2) is 66.0 Å². The fraction of sp³-hybridized carbons (Fsp3) is 0.222. The molecule has 0 spiro atoms. The summed E-state index contributed by atoms with van der Waals surface area (Å²) in [6.07, 6.45) is 6.82. The Kier molecular flexibility index (Phi) is 5.73. The summed E-state index contributed by atoms with van der Waals surface area (Å²) in [7, 11) is 0. The second-order valence-electron chi connectivity index (χ2n) is 5.50. The number of rotatable bonds is 7. The molecule has 1 N–H and O–H groups in total. The lowest BCUT2D eigenvalue weighted by atomic mass is 10.0. The Morgan fingerprint density at radius 2 is 2.28 bits per heavy atom. The first-order valence-electron chi connectivity index (χ1n) is 7.87. The van der Waals surface area contributed by atoms with Gasteiger partial charge in [0.25, 0.3) is 0 Å². The molecular weight excluding hydrogens is 322 g/mol. The molecule has 25 heavy (non-hydrogen) atoms. The highest BCUT2D eigenvalue weighted by atomic mass is 16.7. The van der Waals surface area contributed by atoms with Gasteiger partial charge in [-0.2, -0.15) is 5.48 Å². The number of nitrogens with one attached hydrogen (secondary N) is 1. The van der Waals surface area contributed by atoms with E-state index in [9.17, 15) is 4.79 Å². The molecule has 0 aliphatic carbocycles. The van der Waals surface area contributed by atoms with E-state index in [4.69, 9.17) is 14.2 Å². The Morgan fingerprint density at radius 1 is 1.44 bits per heavy atom. The van der Waals surface area contributed by atoms with Crippen molar-refractivity contribution in [2.75, 3.05) is 19.7 Å². The smallest absolute Gasteiger partial charge is 0.357 e. The molecular formula is C18H19N3O4. The predicted octanol–water partition coefficient (Wildman–Crippen LogP) is 2.22. The van der Waals surface area contributed by atoms with Crippen molar-refractivity contribution in [2.45, 2.75) is 6.04 Å². The lowest BCUT2D eigenvalue weighted by Crippen LogP contribution is -2.44. The van der Waals surface area contributed by atoms with Crippen molar-refractivity contribution in [1.29, 1.82) is 0 Å². The molecule has 3 rings (SSSR count). The fourth-order valence-electron chi connectivity index (χ4n) is 2.47. The predicted molar refractivity (Wildman–Crippen MR) is 91.0 cm³/mol. The molecule has 130 valence electrons. The van der Waals surface area contributed by atoms with Crippen LogP contribution in [0.25, 0.3) is 5.57 Å². The first-order valence-corrected chi connectivity index (χ1v) is 7.87. The summed E-state index contributed by atoms with van der Waals surface area (Å²) in [6, 6.07) is 8.70. The zero-order chi connectivity index (χ0) is 17.5. The molecule has 1 aromatic heterocycles. The highest BCUT2D eigenvalue weighted by Crippen LogP contribution is 2.21. The Bertz CT molecular complexity index is 728. The third-order valence-electron chi connectivity index (χ3n) is 3.61. The molecule has 0 fully saturated rings. The molecule has 0 amide bonds. The van der Waals surface area contributed by atoms with Crippen LogP contribution in [-0.4, -0.2) is 41.9 Å². The van der Waals surface area contributed by atoms with E-state index in [1.54, 1.807) is 47.9 Å². The summed E-state index contributed by atoms with van der Waals surface area (Å²) in [4.78, 5) is 23.1. The van der Waals surface area contributed by atoms with Gasteiger partial charge in [-0.25, -0.2) is 4.79 Å². The molecule has 7 heteroatoms. The van der Waals surface area contributed by atoms with Crippen molar-refractivity contribution in [3.8, 4) is 0 Å². The number of nitrogens with zero attached hydrogens (tertiary/aromatic N) is 2. The van der Waals surface area contributed by atoms with Gasteiger partial charge in [0.05, 0.1) is 37.5 Å². The van der Waals surface area contributed by atoms with E-state index in [1.807, 2.05) is 12.1 Å². The maximum atomic E-state index is 12.3. The highest BCUT2D eigenvalue weighted by molar-refractivity contribution is 5.89. The number of benzene rings is 1. The van der Waals surface area contributed by atoms with Crippen molar-refractivity contribution in [3.63, 3.8) is 0 Å². The monoisotopic (exact) mass is 341 g/mol. The maximum absolute atomic E-state index is 12.3. The number of carbonyl (C=O) groups excluding carboxylic acids is 1. The van der Waals surface area contributed by atoms with E-state index in [-0.39, 0.29) is 6.04 Å². The van der Waals surface area contributed by atoms with Crippen LogP contribution in [-0.2, 0) is 9.68 Å². The minimum atomic E-state index is -0.405. The normalized spacial score (nSPS) is 17.8. The van der Waals surface area contributed by atoms with Gasteiger partial charge in [0, 0.05) is 5.56 Å². The third-order valence-corrected chi connectivity index (χ3v) is 3.61. The van der Waals surface area contributed by atoms with Crippen LogP contribution in [0, 0.1) is 0 Å². The SMILES string of the molecule is C=CCONC1C=C(c2cnoc2)CN(OC(=O)c2ccccc2)C1. The molecule has 2 aromatic rings. The van der Waals surface area contributed by atoms with Gasteiger partial charge < -0.3 is 9.36 Å². The molecule has 2 heterocycles. The Hall–Kier alpha value is -2.74. The molecule has 0 saturated heterocycles. The summed E-state index contributed by atoms with van der Waals surface area (Å²) < 4.78 is 4.91. The standard InChI is InChI=1S/C18H19N3O4/c1-2-8-23-20-17-9-15(16-10-19-24-13-16)11-21(12-17)25-18(22)14-6-4-3-5-7-14/h2-7,9-10,13,17,20H,1,8,11-12H2. The third kappa shape index (κ3) is 4.63. The number of hydroxylamine groups is 3. The number of carbonyl (C=O) groups is 1. The van der Waals surface area contributed by atoms with E-state index >= 15 is 0 Å². The second kappa shape index (κ2) is 8.39. The van der Waals surface area contributed by atoms with Crippen molar-refractivity contribution in [3.05, 3.63) is 72.6 Å². The van der Waals surface area contributed by atoms with Crippen LogP contribution < -0.4 is 5.48 Å². The average Bonchev–Trinajstić information content (AvgIpc) is 3.17. The van der Waals surface area contributed by atoms with Crippen molar-refractivity contribution < 1.29 is 19.0 Å². The molecule has 1 aliphatic heterocycles. The number of aromatic nitrogens is 1. The molecule has 0 saturated carbocycles. The minimum absolute atomic E-state index is 0.165. The van der Waals surface area contributed by atoms with Gasteiger partial charge in [0.1, 0.15) is 6.26 Å². The van der Waals surface area contributed by atoms with Gasteiger partial charge in [-0.3, -0.25) is 4.84 Å². The number of hydrogen-bond donors (Lipinski definition) is 1. The molecule has 1 unspecified atom stereocenters. The van der Waals surface area contributed by atoms with Crippen LogP contribution >= 0.6 is 0 Å². The van der Waals surface area contributed by atoms with Crippen molar-refractivity contribution in [2.24, 2.45) is 0 Å². The van der Waals surface area contributed by atoms with Crippen molar-refractivity contribution >= 4 is 11.5 Å². The van der Waals surface area contributed by atoms with Crippen LogP contribution in [0.5, 0.6) is 0 Å². The summed E-state index contributed by atoms with van der Waals surface area (Å²) >= 11 is 0. The Labute approximate surface area is 145 Å². The minimum Gasteiger partial charge on any atom is -0.364 e. The summed E-state index contributed by atoms with van der Waals surface area (Å²) in [5, 5.41) is 5.31. The highest BCUT2D eigenvalue weighted by Gasteiger charge is 2.25. The van der Waals surface area contributed by atoms with Crippen LogP contribution in [0.2, 0.25) is 0 Å². The second-order valence-corrected chi connectivity index (χ2v) is 5.50. The zero-order valence-corrected chi connectivity index (χ0v) is 13.6. The van der Waals surface area contributed by atoms with E-state index in [0.717, 1.165) is 11.1 Å². The van der Waals surface area contributed by atoms with Gasteiger partial charge >= 0.3 is 5.97 Å². The fourth-order valence-corrected chi connectivity index (χ4v) is 2.47. The lowest BCUT2D eigenvalue weighted by molar-refractivity contribution is -0.113. The quantitative estimate of drug-likeness (QED) is 0.470. The lowest BCUT2D eigenvalue weighted by Gasteiger charge is -2.30. The van der Waals surface area contributed by atoms with E-state index in [0.29, 0.717) is 25.3 Å².